The van der Waals surface area contributed by atoms with Crippen molar-refractivity contribution in [1.82, 2.24) is 0 Å². The van der Waals surface area contributed by atoms with Gasteiger partial charge in [0.05, 0.1) is 5.02 Å². The molecule has 1 aromatic carbocycles. The first kappa shape index (κ1) is 13.2. The summed E-state index contributed by atoms with van der Waals surface area (Å²) >= 11 is 7.28. The van der Waals surface area contributed by atoms with Crippen LogP contribution >= 0.6 is 22.9 Å². The number of hydrogen-bond acceptors (Lipinski definition) is 2. The second-order valence-corrected chi connectivity index (χ2v) is 5.25. The fourth-order valence-electron chi connectivity index (χ4n) is 1.70. The van der Waals surface area contributed by atoms with E-state index in [4.69, 9.17) is 11.6 Å². The monoisotopic (exact) mass is 282 g/mol. The molecule has 1 aromatic heterocycles. The van der Waals surface area contributed by atoms with E-state index in [9.17, 15) is 9.18 Å². The van der Waals surface area contributed by atoms with Crippen LogP contribution in [0.15, 0.2) is 35.0 Å². The van der Waals surface area contributed by atoms with Gasteiger partial charge >= 0.3 is 0 Å². The van der Waals surface area contributed by atoms with Gasteiger partial charge in [0, 0.05) is 12.8 Å². The van der Waals surface area contributed by atoms with Crippen molar-refractivity contribution in [2.45, 2.75) is 19.3 Å². The van der Waals surface area contributed by atoms with E-state index in [1.807, 2.05) is 16.8 Å². The third-order valence-corrected chi connectivity index (χ3v) is 3.72. The first-order valence-electron chi connectivity index (χ1n) is 5.62. The summed E-state index contributed by atoms with van der Waals surface area (Å²) < 4.78 is 13.6. The molecular weight excluding hydrogens is 271 g/mol. The van der Waals surface area contributed by atoms with Crippen molar-refractivity contribution >= 4 is 28.7 Å². The Morgan fingerprint density at radius 2 is 2.17 bits per heavy atom. The fourth-order valence-corrected chi connectivity index (χ4v) is 2.60. The highest BCUT2D eigenvalue weighted by Crippen LogP contribution is 2.19. The van der Waals surface area contributed by atoms with Crippen LogP contribution in [-0.2, 0) is 17.6 Å². The molecule has 0 spiro atoms. The summed E-state index contributed by atoms with van der Waals surface area (Å²) in [5.41, 5.74) is 1.53. The summed E-state index contributed by atoms with van der Waals surface area (Å²) in [6.07, 6.45) is 1.25. The minimum Gasteiger partial charge on any atom is -0.299 e. The third kappa shape index (κ3) is 3.40. The maximum Gasteiger partial charge on any atom is 0.145 e. The third-order valence-electron chi connectivity index (χ3n) is 2.69. The zero-order valence-electron chi connectivity index (χ0n) is 9.66. The van der Waals surface area contributed by atoms with E-state index in [1.54, 1.807) is 23.5 Å². The first-order chi connectivity index (χ1) is 8.66. The summed E-state index contributed by atoms with van der Waals surface area (Å²) in [6.45, 7) is 0. The summed E-state index contributed by atoms with van der Waals surface area (Å²) in [4.78, 5) is 11.8. The van der Waals surface area contributed by atoms with E-state index in [1.165, 1.54) is 6.07 Å². The number of halogens is 2. The van der Waals surface area contributed by atoms with Crippen LogP contribution in [0.1, 0.15) is 17.5 Å². The number of hydrogen-bond donors (Lipinski definition) is 0. The quantitative estimate of drug-likeness (QED) is 0.800. The molecule has 0 aliphatic heterocycles. The van der Waals surface area contributed by atoms with Crippen molar-refractivity contribution in [2.24, 2.45) is 0 Å². The molecule has 1 heterocycles. The second-order valence-electron chi connectivity index (χ2n) is 4.06. The molecule has 0 amide bonds. The Morgan fingerprint density at radius 1 is 1.33 bits per heavy atom. The molecule has 0 saturated heterocycles. The fraction of sp³-hybridized carbons (Fsp3) is 0.214. The molecule has 1 nitrogen and oxygen atoms in total. The highest BCUT2D eigenvalue weighted by molar-refractivity contribution is 7.07. The molecule has 0 bridgehead atoms. The molecular formula is C14H12ClFOS. The predicted molar refractivity (Wildman–Crippen MR) is 72.8 cm³/mol. The lowest BCUT2D eigenvalue weighted by molar-refractivity contribution is -0.118. The Labute approximate surface area is 114 Å². The van der Waals surface area contributed by atoms with Gasteiger partial charge in [-0.3, -0.25) is 4.79 Å². The summed E-state index contributed by atoms with van der Waals surface area (Å²) in [5.74, 6) is -0.453. The number of carbonyl (C=O) groups is 1. The van der Waals surface area contributed by atoms with Crippen LogP contribution < -0.4 is 0 Å². The molecule has 0 unspecified atom stereocenters. The second kappa shape index (κ2) is 6.12. The van der Waals surface area contributed by atoms with Crippen LogP contribution in [0.2, 0.25) is 5.02 Å². The standard InChI is InChI=1S/C14H12ClFOS/c15-13-3-1-2-11(14(13)16)8-12(17)5-4-10-6-7-18-9-10/h1-3,6-7,9H,4-5,8H2. The number of aryl methyl sites for hydroxylation is 1. The molecule has 0 aliphatic carbocycles. The van der Waals surface area contributed by atoms with Gasteiger partial charge in [-0.1, -0.05) is 23.7 Å². The molecule has 0 N–H and O–H groups in total. The van der Waals surface area contributed by atoms with Gasteiger partial charge in [0.2, 0.25) is 0 Å². The van der Waals surface area contributed by atoms with Crippen molar-refractivity contribution in [3.8, 4) is 0 Å². The van der Waals surface area contributed by atoms with Crippen LogP contribution in [-0.4, -0.2) is 5.78 Å². The van der Waals surface area contributed by atoms with Gasteiger partial charge in [-0.15, -0.1) is 0 Å². The largest absolute Gasteiger partial charge is 0.299 e. The SMILES string of the molecule is O=C(CCc1ccsc1)Cc1cccc(Cl)c1F. The lowest BCUT2D eigenvalue weighted by Gasteiger charge is -2.03. The van der Waals surface area contributed by atoms with Crippen LogP contribution in [0.3, 0.4) is 0 Å². The minimum atomic E-state index is -0.483. The van der Waals surface area contributed by atoms with E-state index < -0.39 is 5.82 Å². The zero-order valence-corrected chi connectivity index (χ0v) is 11.2. The first-order valence-corrected chi connectivity index (χ1v) is 6.94. The van der Waals surface area contributed by atoms with Crippen LogP contribution in [0.25, 0.3) is 0 Å². The minimum absolute atomic E-state index is 0.0300. The number of ketones is 1. The molecule has 94 valence electrons. The Kier molecular flexibility index (Phi) is 4.50. The molecule has 0 saturated carbocycles. The van der Waals surface area contributed by atoms with Gasteiger partial charge < -0.3 is 0 Å². The maximum atomic E-state index is 13.6. The number of carbonyl (C=O) groups excluding carboxylic acids is 1. The van der Waals surface area contributed by atoms with Crippen molar-refractivity contribution in [3.05, 3.63) is 57.0 Å². The molecule has 0 fully saturated rings. The van der Waals surface area contributed by atoms with Crippen LogP contribution in [0.5, 0.6) is 0 Å². The summed E-state index contributed by atoms with van der Waals surface area (Å²) in [5, 5.41) is 4.07. The lowest BCUT2D eigenvalue weighted by Crippen LogP contribution is -2.05. The van der Waals surface area contributed by atoms with Crippen molar-refractivity contribution < 1.29 is 9.18 Å². The van der Waals surface area contributed by atoms with Gasteiger partial charge in [-0.05, 0) is 40.4 Å². The maximum absolute atomic E-state index is 13.6. The molecule has 2 rings (SSSR count). The zero-order chi connectivity index (χ0) is 13.0. The smallest absolute Gasteiger partial charge is 0.145 e. The Morgan fingerprint density at radius 3 is 2.89 bits per heavy atom. The van der Waals surface area contributed by atoms with E-state index in [0.29, 0.717) is 18.4 Å². The lowest BCUT2D eigenvalue weighted by atomic mass is 10.0. The van der Waals surface area contributed by atoms with Crippen molar-refractivity contribution in [3.63, 3.8) is 0 Å². The van der Waals surface area contributed by atoms with Gasteiger partial charge in [-0.25, -0.2) is 4.39 Å². The molecule has 0 aliphatic rings. The van der Waals surface area contributed by atoms with Gasteiger partial charge in [0.1, 0.15) is 11.6 Å². The van der Waals surface area contributed by atoms with Crippen LogP contribution in [0, 0.1) is 5.82 Å². The Bertz CT molecular complexity index is 537. The molecule has 18 heavy (non-hydrogen) atoms. The Hall–Kier alpha value is -1.19. The summed E-state index contributed by atoms with van der Waals surface area (Å²) in [6, 6.07) is 6.74. The number of Topliss-reactive ketones (excluding diaryl/α,β-unsaturated/α-hetero) is 1. The van der Waals surface area contributed by atoms with Gasteiger partial charge in [0.15, 0.2) is 0 Å². The predicted octanol–water partition coefficient (Wildman–Crippen LogP) is 4.29. The van der Waals surface area contributed by atoms with E-state index in [-0.39, 0.29) is 17.2 Å². The van der Waals surface area contributed by atoms with E-state index in [0.717, 1.165) is 5.56 Å². The number of benzene rings is 1. The highest BCUT2D eigenvalue weighted by Gasteiger charge is 2.10. The molecule has 0 radical (unpaired) electrons. The highest BCUT2D eigenvalue weighted by atomic mass is 35.5. The summed E-state index contributed by atoms with van der Waals surface area (Å²) in [7, 11) is 0. The topological polar surface area (TPSA) is 17.1 Å². The normalized spacial score (nSPS) is 10.6. The average Bonchev–Trinajstić information content (AvgIpc) is 2.86. The molecule has 4 heteroatoms. The molecule has 0 atom stereocenters. The van der Waals surface area contributed by atoms with E-state index in [2.05, 4.69) is 0 Å². The number of rotatable bonds is 5. The van der Waals surface area contributed by atoms with Gasteiger partial charge in [0.25, 0.3) is 0 Å². The van der Waals surface area contributed by atoms with Crippen LogP contribution in [0.4, 0.5) is 4.39 Å². The van der Waals surface area contributed by atoms with Crippen molar-refractivity contribution in [2.75, 3.05) is 0 Å². The number of thiophene rings is 1. The Balaban J connectivity index is 1.93. The van der Waals surface area contributed by atoms with Crippen molar-refractivity contribution in [1.29, 1.82) is 0 Å². The van der Waals surface area contributed by atoms with E-state index >= 15 is 0 Å². The molecule has 2 aromatic rings. The van der Waals surface area contributed by atoms with Gasteiger partial charge in [-0.2, -0.15) is 11.3 Å². The average molecular weight is 283 g/mol.